The van der Waals surface area contributed by atoms with E-state index in [1.807, 2.05) is 60.8 Å². The zero-order valence-electron chi connectivity index (χ0n) is 36.7. The predicted molar refractivity (Wildman–Crippen MR) is 235 cm³/mol. The summed E-state index contributed by atoms with van der Waals surface area (Å²) in [4.78, 5) is 36.9. The highest BCUT2D eigenvalue weighted by Gasteiger charge is 2.25. The molecule has 8 nitrogen and oxygen atoms in total. The highest BCUT2D eigenvalue weighted by molar-refractivity contribution is 5.70. The molecule has 0 heterocycles. The molecule has 0 aliphatic carbocycles. The molecule has 0 amide bonds. The minimum Gasteiger partial charge on any atom is -0.544 e. The van der Waals surface area contributed by atoms with Crippen LogP contribution in [0.15, 0.2) is 85.1 Å². The Morgan fingerprint density at radius 3 is 1.53 bits per heavy atom. The molecular weight excluding hydrogens is 715 g/mol. The number of carboxylic acids is 1. The predicted octanol–water partition coefficient (Wildman–Crippen LogP) is 10.8. The van der Waals surface area contributed by atoms with Gasteiger partial charge in [0.15, 0.2) is 6.10 Å². The molecule has 0 aromatic rings. The van der Waals surface area contributed by atoms with Crippen molar-refractivity contribution in [3.63, 3.8) is 0 Å². The van der Waals surface area contributed by atoms with E-state index in [0.29, 0.717) is 12.8 Å². The van der Waals surface area contributed by atoms with E-state index in [1.54, 1.807) is 21.1 Å². The van der Waals surface area contributed by atoms with Crippen LogP contribution in [0.5, 0.6) is 0 Å². The summed E-state index contributed by atoms with van der Waals surface area (Å²) in [5.74, 6) is -1.81. The Hall–Kier alpha value is -3.49. The van der Waals surface area contributed by atoms with E-state index in [2.05, 4.69) is 38.2 Å². The van der Waals surface area contributed by atoms with Crippen LogP contribution in [0.4, 0.5) is 0 Å². The van der Waals surface area contributed by atoms with E-state index in [1.165, 1.54) is 57.8 Å². The highest BCUT2D eigenvalue weighted by atomic mass is 16.6. The monoisotopic (exact) mass is 796 g/mol. The van der Waals surface area contributed by atoms with Gasteiger partial charge in [-0.15, -0.1) is 0 Å². The maximum atomic E-state index is 12.7. The van der Waals surface area contributed by atoms with Crippen LogP contribution in [0.25, 0.3) is 0 Å². The van der Waals surface area contributed by atoms with Crippen LogP contribution in [0.1, 0.15) is 155 Å². The second-order valence-electron chi connectivity index (χ2n) is 15.7. The van der Waals surface area contributed by atoms with Gasteiger partial charge >= 0.3 is 11.9 Å². The summed E-state index contributed by atoms with van der Waals surface area (Å²) in [7, 11) is 5.38. The van der Waals surface area contributed by atoms with Crippen LogP contribution in [-0.4, -0.2) is 75.5 Å². The number of likely N-dealkylation sites (N-methyl/N-ethyl adjacent to an activating group) is 1. The van der Waals surface area contributed by atoms with Gasteiger partial charge in [-0.3, -0.25) is 9.59 Å². The number of unbranched alkanes of at least 4 members (excludes halogenated alkanes) is 15. The largest absolute Gasteiger partial charge is 0.544 e. The normalized spacial score (nSPS) is 13.8. The Morgan fingerprint density at radius 1 is 0.544 bits per heavy atom. The lowest BCUT2D eigenvalue weighted by molar-refractivity contribution is -0.889. The Balaban J connectivity index is 4.47. The molecule has 0 rings (SSSR count). The zero-order valence-corrected chi connectivity index (χ0v) is 36.7. The lowest BCUT2D eigenvalue weighted by Gasteiger charge is -2.34. The third-order valence-electron chi connectivity index (χ3n) is 9.43. The molecule has 0 N–H and O–H groups in total. The van der Waals surface area contributed by atoms with Gasteiger partial charge in [-0.25, -0.2) is 0 Å². The highest BCUT2D eigenvalue weighted by Crippen LogP contribution is 2.13. The summed E-state index contributed by atoms with van der Waals surface area (Å²) in [6.45, 7) is 4.44. The van der Waals surface area contributed by atoms with Crippen molar-refractivity contribution in [2.45, 2.75) is 167 Å². The molecule has 0 aromatic heterocycles. The average molecular weight is 796 g/mol. The summed E-state index contributed by atoms with van der Waals surface area (Å²) in [6, 6.07) is -0.740. The second-order valence-corrected chi connectivity index (χ2v) is 15.7. The van der Waals surface area contributed by atoms with Gasteiger partial charge in [0.1, 0.15) is 12.6 Å². The van der Waals surface area contributed by atoms with Gasteiger partial charge < -0.3 is 28.6 Å². The number of hydrogen-bond donors (Lipinski definition) is 0. The minimum atomic E-state index is -1.14. The van der Waals surface area contributed by atoms with Crippen LogP contribution in [0, 0.1) is 0 Å². The second kappa shape index (κ2) is 39.3. The number of esters is 2. The molecule has 0 aliphatic heterocycles. The first-order chi connectivity index (χ1) is 27.6. The Bertz CT molecular complexity index is 1200. The molecule has 2 atom stereocenters. The topological polar surface area (TPSA) is 102 Å². The van der Waals surface area contributed by atoms with E-state index in [-0.39, 0.29) is 49.1 Å². The first-order valence-corrected chi connectivity index (χ1v) is 22.2. The van der Waals surface area contributed by atoms with Crippen molar-refractivity contribution in [3.8, 4) is 0 Å². The van der Waals surface area contributed by atoms with Gasteiger partial charge in [-0.05, 0) is 57.8 Å². The molecule has 0 saturated carbocycles. The zero-order chi connectivity index (χ0) is 42.1. The average Bonchev–Trinajstić information content (AvgIpc) is 3.17. The van der Waals surface area contributed by atoms with Crippen LogP contribution in [0.3, 0.4) is 0 Å². The summed E-state index contributed by atoms with van der Waals surface area (Å²) in [6.07, 6.45) is 50.3. The summed E-state index contributed by atoms with van der Waals surface area (Å²) in [5, 5.41) is 11.6. The minimum absolute atomic E-state index is 0.0148. The van der Waals surface area contributed by atoms with E-state index in [9.17, 15) is 19.5 Å². The number of rotatable bonds is 38. The van der Waals surface area contributed by atoms with Crippen molar-refractivity contribution < 1.29 is 38.2 Å². The van der Waals surface area contributed by atoms with Crippen molar-refractivity contribution in [2.24, 2.45) is 0 Å². The number of carbonyl (C=O) groups is 3. The van der Waals surface area contributed by atoms with Crippen molar-refractivity contribution in [1.82, 2.24) is 0 Å². The lowest BCUT2D eigenvalue weighted by atomic mass is 10.1. The van der Waals surface area contributed by atoms with Gasteiger partial charge in [-0.2, -0.15) is 0 Å². The third-order valence-corrected chi connectivity index (χ3v) is 9.43. The number of allylic oxidation sites excluding steroid dienone is 14. The number of quaternary nitrogens is 1. The number of carbonyl (C=O) groups excluding carboxylic acids is 3. The van der Waals surface area contributed by atoms with E-state index < -0.39 is 18.1 Å². The third kappa shape index (κ3) is 37.8. The Labute approximate surface area is 348 Å². The first-order valence-electron chi connectivity index (χ1n) is 22.2. The van der Waals surface area contributed by atoms with Crippen LogP contribution in [0.2, 0.25) is 0 Å². The molecule has 0 fully saturated rings. The SMILES string of the molecule is CC/C=C/C=C/C=C/C=C/C=C/C=C/CCCCCC(=O)OC(COCCC(C(=O)[O-])[N+](C)(C)C)COC(=O)CCCCCCC/C=C/CCCCCCCCC. The fourth-order valence-electron chi connectivity index (χ4n) is 5.98. The number of nitrogens with zero attached hydrogens (tertiary/aromatic N) is 1. The van der Waals surface area contributed by atoms with Crippen molar-refractivity contribution in [2.75, 3.05) is 41.0 Å². The van der Waals surface area contributed by atoms with E-state index in [0.717, 1.165) is 57.8 Å². The molecule has 0 spiro atoms. The maximum absolute atomic E-state index is 12.7. The Kier molecular flexibility index (Phi) is 36.9. The van der Waals surface area contributed by atoms with Crippen molar-refractivity contribution in [3.05, 3.63) is 85.1 Å². The van der Waals surface area contributed by atoms with Gasteiger partial charge in [0.2, 0.25) is 0 Å². The van der Waals surface area contributed by atoms with Crippen LogP contribution < -0.4 is 5.11 Å². The van der Waals surface area contributed by atoms with E-state index >= 15 is 0 Å². The van der Waals surface area contributed by atoms with Crippen molar-refractivity contribution in [1.29, 1.82) is 0 Å². The molecule has 8 heteroatoms. The molecule has 0 saturated heterocycles. The fourth-order valence-corrected chi connectivity index (χ4v) is 5.98. The molecule has 324 valence electrons. The van der Waals surface area contributed by atoms with Gasteiger partial charge in [0.05, 0.1) is 40.3 Å². The molecule has 0 bridgehead atoms. The summed E-state index contributed by atoms with van der Waals surface area (Å²) >= 11 is 0. The lowest BCUT2D eigenvalue weighted by Crippen LogP contribution is -2.55. The van der Waals surface area contributed by atoms with Gasteiger partial charge in [0, 0.05) is 19.3 Å². The number of hydrogen-bond acceptors (Lipinski definition) is 7. The first kappa shape index (κ1) is 53.5. The van der Waals surface area contributed by atoms with Gasteiger partial charge in [0.25, 0.3) is 0 Å². The molecule has 0 aromatic carbocycles. The summed E-state index contributed by atoms with van der Waals surface area (Å²) in [5.41, 5.74) is 0. The smallest absolute Gasteiger partial charge is 0.306 e. The quantitative estimate of drug-likeness (QED) is 0.0202. The maximum Gasteiger partial charge on any atom is 0.306 e. The molecule has 2 unspecified atom stereocenters. The molecule has 0 aliphatic rings. The summed E-state index contributed by atoms with van der Waals surface area (Å²) < 4.78 is 17.1. The Morgan fingerprint density at radius 2 is 1.00 bits per heavy atom. The molecule has 0 radical (unpaired) electrons. The number of aliphatic carboxylic acids is 1. The number of carboxylic acid groups (broad SMARTS) is 1. The fraction of sp³-hybridized carbons (Fsp3) is 0.653. The van der Waals surface area contributed by atoms with Crippen molar-refractivity contribution >= 4 is 17.9 Å². The molecule has 57 heavy (non-hydrogen) atoms. The molecular formula is C49H81NO7. The van der Waals surface area contributed by atoms with Crippen LogP contribution >= 0.6 is 0 Å². The number of ether oxygens (including phenoxy) is 3. The van der Waals surface area contributed by atoms with Crippen LogP contribution in [-0.2, 0) is 28.6 Å². The van der Waals surface area contributed by atoms with E-state index in [4.69, 9.17) is 14.2 Å². The van der Waals surface area contributed by atoms with Gasteiger partial charge in [-0.1, -0.05) is 163 Å². The standard InChI is InChI=1S/C49H81NO7/c1-6-8-10-12-14-16-18-20-22-24-26-28-30-32-34-36-38-40-48(52)57-45(43-55-42-41-46(49(53)54)50(3,4)5)44-56-47(51)39-37-35-33-31-29-27-25-23-21-19-17-15-13-11-9-7-2/h8,10,12,14,16,18,20,22-26,28,30,45-46H,6-7,9,11,13,15,17,19,21,27,29,31-44H2,1-5H3/b10-8+,14-12+,18-16+,22-20+,25-23+,26-24+,30-28+.